The number of nitrogens with one attached hydrogen (secondary N) is 1. The molecular formula is C16H23F2N3S. The maximum atomic E-state index is 12.3. The Balaban J connectivity index is 1.49. The van der Waals surface area contributed by atoms with E-state index in [2.05, 4.69) is 15.1 Å². The maximum Gasteiger partial charge on any atom is 0.288 e. The average Bonchev–Trinajstić information content (AvgIpc) is 2.98. The third kappa shape index (κ3) is 4.41. The predicted molar refractivity (Wildman–Crippen MR) is 86.4 cm³/mol. The van der Waals surface area contributed by atoms with E-state index in [4.69, 9.17) is 0 Å². The molecule has 22 heavy (non-hydrogen) atoms. The van der Waals surface area contributed by atoms with Crippen LogP contribution in [0.25, 0.3) is 0 Å². The topological polar surface area (TPSA) is 18.5 Å². The lowest BCUT2D eigenvalue weighted by molar-refractivity contribution is 0.170. The molecule has 0 amide bonds. The molecule has 122 valence electrons. The van der Waals surface area contributed by atoms with E-state index in [9.17, 15) is 8.78 Å². The zero-order valence-corrected chi connectivity index (χ0v) is 13.5. The van der Waals surface area contributed by atoms with Crippen LogP contribution in [-0.2, 0) is 6.54 Å². The molecule has 1 aromatic carbocycles. The Bertz CT molecular complexity index is 463. The van der Waals surface area contributed by atoms with Crippen molar-refractivity contribution < 1.29 is 8.78 Å². The van der Waals surface area contributed by atoms with Gasteiger partial charge < -0.3 is 5.32 Å². The van der Waals surface area contributed by atoms with Gasteiger partial charge in [-0.1, -0.05) is 23.9 Å². The minimum absolute atomic E-state index is 0.610. The number of benzene rings is 1. The van der Waals surface area contributed by atoms with E-state index in [1.165, 1.54) is 12.0 Å². The number of nitrogens with zero attached hydrogens (tertiary/aromatic N) is 2. The number of alkyl halides is 2. The molecule has 2 saturated heterocycles. The molecule has 6 heteroatoms. The van der Waals surface area contributed by atoms with Crippen molar-refractivity contribution in [1.82, 2.24) is 15.1 Å². The fraction of sp³-hybridized carbons (Fsp3) is 0.625. The van der Waals surface area contributed by atoms with Gasteiger partial charge in [0.1, 0.15) is 0 Å². The quantitative estimate of drug-likeness (QED) is 0.837. The summed E-state index contributed by atoms with van der Waals surface area (Å²) in [5.41, 5.74) is 1.21. The number of rotatable bonds is 5. The first-order valence-corrected chi connectivity index (χ1v) is 8.79. The molecule has 0 aromatic heterocycles. The number of hydrogen-bond donors (Lipinski definition) is 1. The van der Waals surface area contributed by atoms with Gasteiger partial charge >= 0.3 is 0 Å². The molecule has 1 N–H and O–H groups in total. The van der Waals surface area contributed by atoms with Gasteiger partial charge in [0.25, 0.3) is 5.76 Å². The molecule has 1 atom stereocenters. The van der Waals surface area contributed by atoms with Crippen LogP contribution in [0.3, 0.4) is 0 Å². The average molecular weight is 327 g/mol. The molecule has 3 nitrogen and oxygen atoms in total. The summed E-state index contributed by atoms with van der Waals surface area (Å²) >= 11 is 0.610. The van der Waals surface area contributed by atoms with E-state index in [0.29, 0.717) is 22.7 Å². The lowest BCUT2D eigenvalue weighted by Crippen LogP contribution is -2.49. The Morgan fingerprint density at radius 3 is 2.55 bits per heavy atom. The Kier molecular flexibility index (Phi) is 5.68. The van der Waals surface area contributed by atoms with E-state index in [-0.39, 0.29) is 0 Å². The lowest BCUT2D eigenvalue weighted by atomic mass is 10.2. The largest absolute Gasteiger partial charge is 0.314 e. The summed E-state index contributed by atoms with van der Waals surface area (Å²) in [6, 6.07) is 8.23. The second-order valence-electron chi connectivity index (χ2n) is 5.99. The van der Waals surface area contributed by atoms with Crippen LogP contribution in [0.2, 0.25) is 0 Å². The second-order valence-corrected chi connectivity index (χ2v) is 7.05. The van der Waals surface area contributed by atoms with Gasteiger partial charge in [0.05, 0.1) is 0 Å². The summed E-state index contributed by atoms with van der Waals surface area (Å²) < 4.78 is 24.6. The van der Waals surface area contributed by atoms with Crippen molar-refractivity contribution in [1.29, 1.82) is 0 Å². The zero-order chi connectivity index (χ0) is 15.4. The number of piperazine rings is 1. The summed E-state index contributed by atoms with van der Waals surface area (Å²) in [6.45, 7) is 7.66. The van der Waals surface area contributed by atoms with E-state index >= 15 is 0 Å². The summed E-state index contributed by atoms with van der Waals surface area (Å²) in [5.74, 6) is -2.34. The van der Waals surface area contributed by atoms with Crippen molar-refractivity contribution in [3.05, 3.63) is 29.8 Å². The minimum atomic E-state index is -2.34. The van der Waals surface area contributed by atoms with Crippen molar-refractivity contribution in [3.63, 3.8) is 0 Å². The first-order chi connectivity index (χ1) is 10.7. The smallest absolute Gasteiger partial charge is 0.288 e. The van der Waals surface area contributed by atoms with E-state index in [0.717, 1.165) is 45.8 Å². The molecule has 2 aliphatic heterocycles. The molecular weight excluding hydrogens is 304 g/mol. The second kappa shape index (κ2) is 7.73. The first-order valence-electron chi connectivity index (χ1n) is 7.91. The molecule has 1 aromatic rings. The van der Waals surface area contributed by atoms with Crippen LogP contribution in [0.1, 0.15) is 12.0 Å². The fourth-order valence-corrected chi connectivity index (χ4v) is 3.83. The normalized spacial score (nSPS) is 24.2. The number of halogens is 2. The molecule has 0 saturated carbocycles. The van der Waals surface area contributed by atoms with Crippen LogP contribution >= 0.6 is 11.8 Å². The van der Waals surface area contributed by atoms with E-state index < -0.39 is 5.76 Å². The molecule has 1 unspecified atom stereocenters. The third-order valence-electron chi connectivity index (χ3n) is 4.47. The van der Waals surface area contributed by atoms with Gasteiger partial charge in [-0.05, 0) is 24.1 Å². The SMILES string of the molecule is FC(F)Sc1ccc(CN2CCC(N3CCNCC3)C2)cc1. The monoisotopic (exact) mass is 327 g/mol. The Labute approximate surface area is 135 Å². The highest BCUT2D eigenvalue weighted by atomic mass is 32.2. The van der Waals surface area contributed by atoms with Crippen molar-refractivity contribution in [2.24, 2.45) is 0 Å². The summed E-state index contributed by atoms with van der Waals surface area (Å²) in [5, 5.41) is 3.40. The van der Waals surface area contributed by atoms with Crippen molar-refractivity contribution in [2.75, 3.05) is 39.3 Å². The molecule has 0 aliphatic carbocycles. The highest BCUT2D eigenvalue weighted by molar-refractivity contribution is 7.99. The Hall–Kier alpha value is -0.690. The predicted octanol–water partition coefficient (Wildman–Crippen LogP) is 2.48. The summed E-state index contributed by atoms with van der Waals surface area (Å²) in [6.07, 6.45) is 1.24. The molecule has 2 aliphatic rings. The van der Waals surface area contributed by atoms with Crippen molar-refractivity contribution in [3.8, 4) is 0 Å². The Morgan fingerprint density at radius 1 is 1.14 bits per heavy atom. The highest BCUT2D eigenvalue weighted by Crippen LogP contribution is 2.26. The molecule has 2 fully saturated rings. The third-order valence-corrected chi connectivity index (χ3v) is 5.19. The van der Waals surface area contributed by atoms with Gasteiger partial charge in [-0.15, -0.1) is 0 Å². The van der Waals surface area contributed by atoms with Crippen molar-refractivity contribution in [2.45, 2.75) is 29.7 Å². The van der Waals surface area contributed by atoms with E-state index in [1.807, 2.05) is 12.1 Å². The molecule has 0 radical (unpaired) electrons. The van der Waals surface area contributed by atoms with Crippen LogP contribution in [0, 0.1) is 0 Å². The van der Waals surface area contributed by atoms with Crippen molar-refractivity contribution >= 4 is 11.8 Å². The Morgan fingerprint density at radius 2 is 1.86 bits per heavy atom. The summed E-state index contributed by atoms with van der Waals surface area (Å²) in [4.78, 5) is 5.71. The standard InChI is InChI=1S/C16H23F2N3S/c17-16(18)22-15-3-1-13(2-4-15)11-20-8-5-14(12-20)21-9-6-19-7-10-21/h1-4,14,16,19H,5-12H2. The van der Waals surface area contributed by atoms with Gasteiger partial charge in [0, 0.05) is 56.8 Å². The van der Waals surface area contributed by atoms with Gasteiger partial charge in [-0.25, -0.2) is 0 Å². The summed E-state index contributed by atoms with van der Waals surface area (Å²) in [7, 11) is 0. The number of thioether (sulfide) groups is 1. The van der Waals surface area contributed by atoms with Crippen LogP contribution < -0.4 is 5.32 Å². The van der Waals surface area contributed by atoms with Crippen LogP contribution in [0.4, 0.5) is 8.78 Å². The van der Waals surface area contributed by atoms with Crippen LogP contribution in [-0.4, -0.2) is 60.9 Å². The maximum absolute atomic E-state index is 12.3. The van der Waals surface area contributed by atoms with Gasteiger partial charge in [-0.3, -0.25) is 9.80 Å². The lowest BCUT2D eigenvalue weighted by Gasteiger charge is -2.32. The number of likely N-dealkylation sites (tertiary alicyclic amines) is 1. The zero-order valence-electron chi connectivity index (χ0n) is 12.7. The molecule has 0 bridgehead atoms. The first kappa shape index (κ1) is 16.2. The van der Waals surface area contributed by atoms with Gasteiger partial charge in [-0.2, -0.15) is 8.78 Å². The molecule has 2 heterocycles. The molecule has 0 spiro atoms. The van der Waals surface area contributed by atoms with Crippen LogP contribution in [0.15, 0.2) is 29.2 Å². The van der Waals surface area contributed by atoms with Gasteiger partial charge in [0.2, 0.25) is 0 Å². The highest BCUT2D eigenvalue weighted by Gasteiger charge is 2.28. The minimum Gasteiger partial charge on any atom is -0.314 e. The number of hydrogen-bond acceptors (Lipinski definition) is 4. The van der Waals surface area contributed by atoms with Gasteiger partial charge in [0.15, 0.2) is 0 Å². The molecule has 3 rings (SSSR count). The fourth-order valence-electron chi connectivity index (χ4n) is 3.34. The van der Waals surface area contributed by atoms with E-state index in [1.54, 1.807) is 12.1 Å². The van der Waals surface area contributed by atoms with Crippen LogP contribution in [0.5, 0.6) is 0 Å².